The number of aromatic carboxylic acids is 1. The number of fused-ring (bicyclic) bond motifs is 1. The van der Waals surface area contributed by atoms with Crippen LogP contribution in [0.5, 0.6) is 0 Å². The van der Waals surface area contributed by atoms with E-state index in [9.17, 15) is 4.79 Å². The lowest BCUT2D eigenvalue weighted by Gasteiger charge is -1.95. The molecule has 0 saturated carbocycles. The Hall–Kier alpha value is -1.62. The Morgan fingerprint density at radius 2 is 2.21 bits per heavy atom. The maximum absolute atomic E-state index is 10.7. The number of carboxylic acids is 1. The van der Waals surface area contributed by atoms with Gasteiger partial charge in [0.2, 0.25) is 5.82 Å². The zero-order chi connectivity index (χ0) is 10.3. The van der Waals surface area contributed by atoms with Crippen molar-refractivity contribution in [1.82, 2.24) is 14.5 Å². The average molecular weight is 212 g/mol. The number of imidazole rings is 1. The fourth-order valence-electron chi connectivity index (χ4n) is 1.23. The molecule has 0 aliphatic carbocycles. The predicted octanol–water partition coefficient (Wildman–Crippen LogP) is 1.32. The summed E-state index contributed by atoms with van der Waals surface area (Å²) in [6.07, 6.45) is 0. The van der Waals surface area contributed by atoms with Crippen LogP contribution in [0.2, 0.25) is 5.15 Å². The van der Waals surface area contributed by atoms with Crippen molar-refractivity contribution in [2.75, 3.05) is 0 Å². The Morgan fingerprint density at radius 3 is 2.86 bits per heavy atom. The molecule has 2 heterocycles. The minimum Gasteiger partial charge on any atom is -0.475 e. The average Bonchev–Trinajstić information content (AvgIpc) is 2.44. The van der Waals surface area contributed by atoms with Crippen molar-refractivity contribution in [1.29, 1.82) is 0 Å². The minimum atomic E-state index is -1.08. The van der Waals surface area contributed by atoms with Gasteiger partial charge in [-0.1, -0.05) is 11.6 Å². The molecule has 1 N–H and O–H groups in total. The van der Waals surface area contributed by atoms with E-state index in [1.807, 2.05) is 0 Å². The van der Waals surface area contributed by atoms with E-state index in [-0.39, 0.29) is 5.82 Å². The van der Waals surface area contributed by atoms with Crippen molar-refractivity contribution >= 4 is 28.7 Å². The Morgan fingerprint density at radius 1 is 1.50 bits per heavy atom. The largest absolute Gasteiger partial charge is 0.475 e. The second-order valence-corrected chi connectivity index (χ2v) is 3.16. The summed E-state index contributed by atoms with van der Waals surface area (Å²) in [5, 5.41) is 9.11. The zero-order valence-electron chi connectivity index (χ0n) is 7.23. The van der Waals surface area contributed by atoms with E-state index in [0.717, 1.165) is 0 Å². The van der Waals surface area contributed by atoms with Crippen LogP contribution in [0.15, 0.2) is 12.1 Å². The van der Waals surface area contributed by atoms with Crippen molar-refractivity contribution in [3.05, 3.63) is 23.1 Å². The van der Waals surface area contributed by atoms with Gasteiger partial charge in [0.25, 0.3) is 0 Å². The SMILES string of the molecule is Cn1c(C(=O)O)nc2ccc(Cl)nc21. The second kappa shape index (κ2) is 2.95. The quantitative estimate of drug-likeness (QED) is 0.723. The molecule has 0 aromatic carbocycles. The molecule has 6 heteroatoms. The molecule has 14 heavy (non-hydrogen) atoms. The summed E-state index contributed by atoms with van der Waals surface area (Å²) in [5.41, 5.74) is 0.990. The molecule has 2 aromatic heterocycles. The molecule has 0 bridgehead atoms. The summed E-state index contributed by atoms with van der Waals surface area (Å²) in [5.74, 6) is -1.13. The summed E-state index contributed by atoms with van der Waals surface area (Å²) in [4.78, 5) is 18.6. The summed E-state index contributed by atoms with van der Waals surface area (Å²) < 4.78 is 1.39. The lowest BCUT2D eigenvalue weighted by atomic mass is 10.4. The maximum atomic E-state index is 10.7. The Kier molecular flexibility index (Phi) is 1.89. The van der Waals surface area contributed by atoms with Crippen LogP contribution < -0.4 is 0 Å². The van der Waals surface area contributed by atoms with Gasteiger partial charge >= 0.3 is 5.97 Å². The third-order valence-electron chi connectivity index (χ3n) is 1.87. The van der Waals surface area contributed by atoms with Crippen molar-refractivity contribution in [2.45, 2.75) is 0 Å². The summed E-state index contributed by atoms with van der Waals surface area (Å²) in [6, 6.07) is 3.21. The van der Waals surface area contributed by atoms with Crippen LogP contribution in [0.25, 0.3) is 11.2 Å². The smallest absolute Gasteiger partial charge is 0.372 e. The van der Waals surface area contributed by atoms with Gasteiger partial charge in [-0.15, -0.1) is 0 Å². The van der Waals surface area contributed by atoms with E-state index < -0.39 is 5.97 Å². The Bertz CT molecular complexity index is 521. The van der Waals surface area contributed by atoms with Gasteiger partial charge in [0.15, 0.2) is 5.65 Å². The molecule has 0 atom stereocenters. The van der Waals surface area contributed by atoms with Crippen molar-refractivity contribution in [3.63, 3.8) is 0 Å². The van der Waals surface area contributed by atoms with Crippen LogP contribution in [-0.2, 0) is 7.05 Å². The van der Waals surface area contributed by atoms with Crippen LogP contribution in [0.4, 0.5) is 0 Å². The molecule has 2 rings (SSSR count). The highest BCUT2D eigenvalue weighted by Crippen LogP contribution is 2.15. The van der Waals surface area contributed by atoms with E-state index in [2.05, 4.69) is 9.97 Å². The first-order valence-corrected chi connectivity index (χ1v) is 4.19. The molecule has 0 radical (unpaired) electrons. The number of halogens is 1. The standard InChI is InChI=1S/C8H6ClN3O2/c1-12-6-4(2-3-5(9)11-6)10-7(12)8(13)14/h2-3H,1H3,(H,13,14). The molecular weight excluding hydrogens is 206 g/mol. The van der Waals surface area contributed by atoms with Crippen LogP contribution in [0.3, 0.4) is 0 Å². The number of rotatable bonds is 1. The number of pyridine rings is 1. The molecule has 0 amide bonds. The number of aromatic nitrogens is 3. The lowest BCUT2D eigenvalue weighted by Crippen LogP contribution is -2.05. The normalized spacial score (nSPS) is 10.7. The summed E-state index contributed by atoms with van der Waals surface area (Å²) in [7, 11) is 1.59. The van der Waals surface area contributed by atoms with Gasteiger partial charge < -0.3 is 9.67 Å². The van der Waals surface area contributed by atoms with Gasteiger partial charge in [0, 0.05) is 7.05 Å². The third-order valence-corrected chi connectivity index (χ3v) is 2.08. The number of hydrogen-bond acceptors (Lipinski definition) is 3. The third kappa shape index (κ3) is 1.22. The Labute approximate surface area is 84.0 Å². The molecule has 0 spiro atoms. The molecule has 0 saturated heterocycles. The molecule has 72 valence electrons. The van der Waals surface area contributed by atoms with E-state index in [0.29, 0.717) is 16.3 Å². The van der Waals surface area contributed by atoms with Gasteiger partial charge in [0.1, 0.15) is 10.7 Å². The van der Waals surface area contributed by atoms with Crippen molar-refractivity contribution in [2.24, 2.45) is 7.05 Å². The first-order valence-electron chi connectivity index (χ1n) is 3.82. The molecule has 0 aliphatic heterocycles. The van der Waals surface area contributed by atoms with Gasteiger partial charge in [0.05, 0.1) is 0 Å². The maximum Gasteiger partial charge on any atom is 0.372 e. The first kappa shape index (κ1) is 8.96. The summed E-state index contributed by atoms with van der Waals surface area (Å²) >= 11 is 5.68. The number of aryl methyl sites for hydroxylation is 1. The summed E-state index contributed by atoms with van der Waals surface area (Å²) in [6.45, 7) is 0. The first-order chi connectivity index (χ1) is 6.59. The monoisotopic (exact) mass is 211 g/mol. The van der Waals surface area contributed by atoms with Crippen LogP contribution >= 0.6 is 11.6 Å². The van der Waals surface area contributed by atoms with E-state index >= 15 is 0 Å². The number of carboxylic acid groups (broad SMARTS) is 1. The molecule has 0 unspecified atom stereocenters. The fraction of sp³-hybridized carbons (Fsp3) is 0.125. The highest BCUT2D eigenvalue weighted by Gasteiger charge is 2.14. The van der Waals surface area contributed by atoms with Crippen LogP contribution in [0, 0.1) is 0 Å². The molecule has 0 fully saturated rings. The second-order valence-electron chi connectivity index (χ2n) is 2.78. The van der Waals surface area contributed by atoms with Crippen molar-refractivity contribution < 1.29 is 9.90 Å². The number of nitrogens with zero attached hydrogens (tertiary/aromatic N) is 3. The highest BCUT2D eigenvalue weighted by molar-refractivity contribution is 6.29. The predicted molar refractivity (Wildman–Crippen MR) is 50.5 cm³/mol. The molecule has 0 aliphatic rings. The molecule has 5 nitrogen and oxygen atoms in total. The van der Waals surface area contributed by atoms with Crippen LogP contribution in [0.1, 0.15) is 10.6 Å². The van der Waals surface area contributed by atoms with E-state index in [1.165, 1.54) is 4.57 Å². The van der Waals surface area contributed by atoms with E-state index in [4.69, 9.17) is 16.7 Å². The molecule has 2 aromatic rings. The van der Waals surface area contributed by atoms with Crippen LogP contribution in [-0.4, -0.2) is 25.6 Å². The zero-order valence-corrected chi connectivity index (χ0v) is 7.99. The minimum absolute atomic E-state index is 0.0465. The number of carbonyl (C=O) groups is 1. The molecular formula is C8H6ClN3O2. The Balaban J connectivity index is 2.80. The van der Waals surface area contributed by atoms with Gasteiger partial charge in [-0.05, 0) is 12.1 Å². The van der Waals surface area contributed by atoms with Gasteiger partial charge in [-0.2, -0.15) is 0 Å². The van der Waals surface area contributed by atoms with E-state index in [1.54, 1.807) is 19.2 Å². The van der Waals surface area contributed by atoms with Gasteiger partial charge in [-0.25, -0.2) is 14.8 Å². The van der Waals surface area contributed by atoms with Gasteiger partial charge in [-0.3, -0.25) is 0 Å². The van der Waals surface area contributed by atoms with Crippen molar-refractivity contribution in [3.8, 4) is 0 Å². The number of hydrogen-bond donors (Lipinski definition) is 1. The highest BCUT2D eigenvalue weighted by atomic mass is 35.5. The lowest BCUT2D eigenvalue weighted by molar-refractivity contribution is 0.0680. The topological polar surface area (TPSA) is 68.0 Å². The fourth-order valence-corrected chi connectivity index (χ4v) is 1.38.